The van der Waals surface area contributed by atoms with E-state index in [2.05, 4.69) is 15.6 Å². The minimum Gasteiger partial charge on any atom is -0.355 e. The number of pyridine rings is 1. The highest BCUT2D eigenvalue weighted by Crippen LogP contribution is 2.20. The Bertz CT molecular complexity index is 658. The molecule has 0 aliphatic rings. The van der Waals surface area contributed by atoms with Crippen LogP contribution in [0.4, 0.5) is 0 Å². The molecule has 1 aromatic carbocycles. The predicted molar refractivity (Wildman–Crippen MR) is 77.8 cm³/mol. The van der Waals surface area contributed by atoms with Gasteiger partial charge in [-0.3, -0.25) is 9.59 Å². The van der Waals surface area contributed by atoms with Crippen LogP contribution in [0, 0.1) is 0 Å². The molecular weight excluding hydrogens is 278 g/mol. The summed E-state index contributed by atoms with van der Waals surface area (Å²) in [4.78, 5) is 27.6. The van der Waals surface area contributed by atoms with Crippen LogP contribution in [0.3, 0.4) is 0 Å². The number of rotatable bonds is 4. The summed E-state index contributed by atoms with van der Waals surface area (Å²) < 4.78 is 0. The van der Waals surface area contributed by atoms with Crippen LogP contribution >= 0.6 is 11.6 Å². The molecule has 6 heteroatoms. The molecule has 20 heavy (non-hydrogen) atoms. The van der Waals surface area contributed by atoms with Crippen molar-refractivity contribution >= 4 is 34.3 Å². The van der Waals surface area contributed by atoms with E-state index < -0.39 is 0 Å². The maximum absolute atomic E-state index is 12.1. The maximum Gasteiger partial charge on any atom is 0.252 e. The van der Waals surface area contributed by atoms with E-state index >= 15 is 0 Å². The molecule has 0 unspecified atom stereocenters. The van der Waals surface area contributed by atoms with Crippen LogP contribution in [0.1, 0.15) is 17.3 Å². The van der Waals surface area contributed by atoms with Gasteiger partial charge in [0.05, 0.1) is 17.6 Å². The van der Waals surface area contributed by atoms with Gasteiger partial charge in [-0.05, 0) is 19.1 Å². The molecule has 0 aliphatic heterocycles. The Morgan fingerprint density at radius 2 is 2.00 bits per heavy atom. The number of hydrogen-bond donors (Lipinski definition) is 2. The summed E-state index contributed by atoms with van der Waals surface area (Å²) in [6.07, 6.45) is 0. The first kappa shape index (κ1) is 14.3. The van der Waals surface area contributed by atoms with Gasteiger partial charge < -0.3 is 10.6 Å². The lowest BCUT2D eigenvalue weighted by atomic mass is 10.1. The molecule has 0 atom stereocenters. The van der Waals surface area contributed by atoms with Crippen molar-refractivity contribution in [2.75, 3.05) is 13.1 Å². The number of carbonyl (C=O) groups excluding carboxylic acids is 2. The molecule has 0 aliphatic carbocycles. The van der Waals surface area contributed by atoms with E-state index in [1.165, 1.54) is 6.07 Å². The monoisotopic (exact) mass is 291 g/mol. The lowest BCUT2D eigenvalue weighted by molar-refractivity contribution is -0.120. The number of carbonyl (C=O) groups is 2. The number of fused-ring (bicyclic) bond motifs is 1. The second kappa shape index (κ2) is 6.34. The average Bonchev–Trinajstić information content (AvgIpc) is 2.44. The maximum atomic E-state index is 12.1. The van der Waals surface area contributed by atoms with E-state index in [4.69, 9.17) is 11.6 Å². The number of para-hydroxylation sites is 1. The van der Waals surface area contributed by atoms with E-state index in [-0.39, 0.29) is 23.5 Å². The molecule has 2 N–H and O–H groups in total. The van der Waals surface area contributed by atoms with Gasteiger partial charge in [-0.15, -0.1) is 0 Å². The number of likely N-dealkylation sites (N-methyl/N-ethyl adjacent to an activating group) is 1. The Morgan fingerprint density at radius 3 is 2.75 bits per heavy atom. The molecule has 1 heterocycles. The number of benzene rings is 1. The Hall–Kier alpha value is -2.14. The minimum absolute atomic E-state index is 0.0685. The number of aromatic nitrogens is 1. The predicted octanol–water partition coefficient (Wildman–Crippen LogP) is 1.75. The van der Waals surface area contributed by atoms with Crippen molar-refractivity contribution in [1.29, 1.82) is 0 Å². The minimum atomic E-state index is -0.350. The fourth-order valence-electron chi connectivity index (χ4n) is 1.85. The molecule has 0 bridgehead atoms. The third kappa shape index (κ3) is 3.24. The Kier molecular flexibility index (Phi) is 4.53. The van der Waals surface area contributed by atoms with Crippen molar-refractivity contribution in [1.82, 2.24) is 15.6 Å². The van der Waals surface area contributed by atoms with E-state index in [0.717, 1.165) is 0 Å². The quantitative estimate of drug-likeness (QED) is 0.843. The smallest absolute Gasteiger partial charge is 0.252 e. The van der Waals surface area contributed by atoms with E-state index in [1.807, 2.05) is 19.1 Å². The zero-order valence-electron chi connectivity index (χ0n) is 10.9. The summed E-state index contributed by atoms with van der Waals surface area (Å²) in [6, 6.07) is 8.71. The third-order valence-corrected chi connectivity index (χ3v) is 2.91. The number of nitrogens with zero attached hydrogens (tertiary/aromatic N) is 1. The van der Waals surface area contributed by atoms with Crippen molar-refractivity contribution < 1.29 is 9.59 Å². The number of hydrogen-bond acceptors (Lipinski definition) is 3. The van der Waals surface area contributed by atoms with Crippen molar-refractivity contribution in [2.45, 2.75) is 6.92 Å². The van der Waals surface area contributed by atoms with Gasteiger partial charge >= 0.3 is 0 Å². The second-order valence-electron chi connectivity index (χ2n) is 4.15. The van der Waals surface area contributed by atoms with Gasteiger partial charge in [-0.25, -0.2) is 4.98 Å². The molecule has 2 amide bonds. The first-order valence-corrected chi connectivity index (χ1v) is 6.59. The highest BCUT2D eigenvalue weighted by atomic mass is 35.5. The topological polar surface area (TPSA) is 71.1 Å². The number of amides is 2. The van der Waals surface area contributed by atoms with Crippen LogP contribution in [0.5, 0.6) is 0 Å². The van der Waals surface area contributed by atoms with Crippen molar-refractivity contribution in [3.63, 3.8) is 0 Å². The fraction of sp³-hybridized carbons (Fsp3) is 0.214. The van der Waals surface area contributed by atoms with Crippen molar-refractivity contribution in [3.8, 4) is 0 Å². The lowest BCUT2D eigenvalue weighted by Gasteiger charge is -2.08. The van der Waals surface area contributed by atoms with Crippen molar-refractivity contribution in [2.24, 2.45) is 0 Å². The van der Waals surface area contributed by atoms with Gasteiger partial charge in [-0.1, -0.05) is 29.8 Å². The largest absolute Gasteiger partial charge is 0.355 e. The molecule has 104 valence electrons. The Labute approximate surface area is 121 Å². The van der Waals surface area contributed by atoms with Gasteiger partial charge in [0.25, 0.3) is 5.91 Å². The Balaban J connectivity index is 2.23. The molecule has 1 aromatic heterocycles. The van der Waals surface area contributed by atoms with E-state index in [0.29, 0.717) is 23.0 Å². The summed E-state index contributed by atoms with van der Waals surface area (Å²) in [5.41, 5.74) is 1.05. The van der Waals surface area contributed by atoms with E-state index in [1.54, 1.807) is 12.1 Å². The summed E-state index contributed by atoms with van der Waals surface area (Å²) in [5, 5.41) is 6.12. The zero-order chi connectivity index (χ0) is 14.5. The van der Waals surface area contributed by atoms with Crippen LogP contribution in [0.2, 0.25) is 5.15 Å². The van der Waals surface area contributed by atoms with Crippen LogP contribution < -0.4 is 10.6 Å². The molecule has 0 radical (unpaired) electrons. The lowest BCUT2D eigenvalue weighted by Crippen LogP contribution is -2.36. The fourth-order valence-corrected chi connectivity index (χ4v) is 2.05. The van der Waals surface area contributed by atoms with Crippen LogP contribution in [0.15, 0.2) is 30.3 Å². The van der Waals surface area contributed by atoms with E-state index in [9.17, 15) is 9.59 Å². The molecular formula is C14H14ClN3O2. The first-order chi connectivity index (χ1) is 9.61. The third-order valence-electron chi connectivity index (χ3n) is 2.71. The van der Waals surface area contributed by atoms with Gasteiger partial charge in [0.1, 0.15) is 5.15 Å². The van der Waals surface area contributed by atoms with Gasteiger partial charge in [0.2, 0.25) is 5.91 Å². The molecule has 2 rings (SSSR count). The zero-order valence-corrected chi connectivity index (χ0v) is 11.7. The SMILES string of the molecule is CCNC(=O)CNC(=O)c1cc(Cl)nc2ccccc12. The molecule has 0 saturated carbocycles. The molecule has 0 spiro atoms. The molecule has 5 nitrogen and oxygen atoms in total. The van der Waals surface area contributed by atoms with Crippen LogP contribution in [0.25, 0.3) is 10.9 Å². The highest BCUT2D eigenvalue weighted by Gasteiger charge is 2.13. The standard InChI is InChI=1S/C14H14ClN3O2/c1-2-16-13(19)8-17-14(20)10-7-12(15)18-11-6-4-3-5-9(10)11/h3-7H,2,8H2,1H3,(H,16,19)(H,17,20). The second-order valence-corrected chi connectivity index (χ2v) is 4.53. The van der Waals surface area contributed by atoms with Gasteiger partial charge in [0.15, 0.2) is 0 Å². The highest BCUT2D eigenvalue weighted by molar-refractivity contribution is 6.30. The number of halogens is 1. The summed E-state index contributed by atoms with van der Waals surface area (Å²) in [6.45, 7) is 2.27. The first-order valence-electron chi connectivity index (χ1n) is 6.22. The molecule has 0 fully saturated rings. The van der Waals surface area contributed by atoms with Crippen molar-refractivity contribution in [3.05, 3.63) is 41.0 Å². The molecule has 0 saturated heterocycles. The van der Waals surface area contributed by atoms with Gasteiger partial charge in [0, 0.05) is 11.9 Å². The Morgan fingerprint density at radius 1 is 1.25 bits per heavy atom. The van der Waals surface area contributed by atoms with Crippen LogP contribution in [-0.2, 0) is 4.79 Å². The molecule has 2 aromatic rings. The van der Waals surface area contributed by atoms with Crippen LogP contribution in [-0.4, -0.2) is 29.9 Å². The summed E-state index contributed by atoms with van der Waals surface area (Å²) in [5.74, 6) is -0.581. The summed E-state index contributed by atoms with van der Waals surface area (Å²) >= 11 is 5.91. The van der Waals surface area contributed by atoms with Gasteiger partial charge in [-0.2, -0.15) is 0 Å². The number of nitrogens with one attached hydrogen (secondary N) is 2. The summed E-state index contributed by atoms with van der Waals surface area (Å²) in [7, 11) is 0. The average molecular weight is 292 g/mol. The normalized spacial score (nSPS) is 10.3.